The number of aliphatic carboxylic acids is 1. The molecule has 1 atom stereocenters. The van der Waals surface area contributed by atoms with Gasteiger partial charge in [0.05, 0.1) is 7.11 Å². The first-order valence-electron chi connectivity index (χ1n) is 7.11. The van der Waals surface area contributed by atoms with E-state index in [4.69, 9.17) is 0 Å². The standard InChI is InChI=1S/C17H17NO5/c1-23-15(19)10-9-14(17(21)22)18-16(20)13-8-4-6-11-5-2-3-7-12(11)13/h2-8,14H,9-10H2,1H3,(H,18,20)(H,21,22)/t14-/m0/s1. The smallest absolute Gasteiger partial charge is 0.326 e. The normalized spacial score (nSPS) is 11.7. The molecule has 0 aliphatic rings. The molecule has 0 aliphatic heterocycles. The van der Waals surface area contributed by atoms with Crippen LogP contribution in [0, 0.1) is 0 Å². The van der Waals surface area contributed by atoms with Crippen molar-refractivity contribution in [2.24, 2.45) is 0 Å². The van der Waals surface area contributed by atoms with E-state index in [1.807, 2.05) is 24.3 Å². The predicted molar refractivity (Wildman–Crippen MR) is 84.1 cm³/mol. The average Bonchev–Trinajstić information content (AvgIpc) is 2.57. The van der Waals surface area contributed by atoms with Gasteiger partial charge >= 0.3 is 11.9 Å². The Morgan fingerprint density at radius 2 is 1.83 bits per heavy atom. The lowest BCUT2D eigenvalue weighted by atomic mass is 10.0. The molecule has 0 saturated heterocycles. The van der Waals surface area contributed by atoms with E-state index in [1.165, 1.54) is 7.11 Å². The number of amides is 1. The highest BCUT2D eigenvalue weighted by molar-refractivity contribution is 6.07. The highest BCUT2D eigenvalue weighted by Gasteiger charge is 2.22. The number of esters is 1. The molecule has 2 rings (SSSR count). The Bertz CT molecular complexity index is 735. The number of nitrogens with one attached hydrogen (secondary N) is 1. The van der Waals surface area contributed by atoms with Crippen LogP contribution in [0.2, 0.25) is 0 Å². The van der Waals surface area contributed by atoms with Gasteiger partial charge in [-0.3, -0.25) is 9.59 Å². The Kier molecular flexibility index (Phi) is 5.30. The summed E-state index contributed by atoms with van der Waals surface area (Å²) in [7, 11) is 1.23. The van der Waals surface area contributed by atoms with Crippen molar-refractivity contribution in [2.45, 2.75) is 18.9 Å². The van der Waals surface area contributed by atoms with Crippen molar-refractivity contribution in [2.75, 3.05) is 7.11 Å². The maximum absolute atomic E-state index is 12.4. The van der Waals surface area contributed by atoms with Crippen LogP contribution >= 0.6 is 0 Å². The van der Waals surface area contributed by atoms with Crippen LogP contribution in [0.25, 0.3) is 10.8 Å². The first-order chi connectivity index (χ1) is 11.0. The van der Waals surface area contributed by atoms with Crippen molar-refractivity contribution in [3.8, 4) is 0 Å². The van der Waals surface area contributed by atoms with Crippen molar-refractivity contribution in [3.63, 3.8) is 0 Å². The topological polar surface area (TPSA) is 92.7 Å². The summed E-state index contributed by atoms with van der Waals surface area (Å²) in [6.07, 6.45) is -0.109. The molecule has 0 bridgehead atoms. The Morgan fingerprint density at radius 1 is 1.13 bits per heavy atom. The molecule has 0 fully saturated rings. The van der Waals surface area contributed by atoms with Gasteiger partial charge in [0.1, 0.15) is 6.04 Å². The lowest BCUT2D eigenvalue weighted by Gasteiger charge is -2.15. The van der Waals surface area contributed by atoms with Crippen molar-refractivity contribution < 1.29 is 24.2 Å². The number of fused-ring (bicyclic) bond motifs is 1. The van der Waals surface area contributed by atoms with E-state index >= 15 is 0 Å². The molecule has 0 radical (unpaired) electrons. The van der Waals surface area contributed by atoms with Crippen molar-refractivity contribution >= 4 is 28.6 Å². The molecule has 120 valence electrons. The summed E-state index contributed by atoms with van der Waals surface area (Å²) in [6, 6.07) is 11.4. The van der Waals surface area contributed by atoms with Gasteiger partial charge in [0.2, 0.25) is 0 Å². The summed E-state index contributed by atoms with van der Waals surface area (Å²) in [5.41, 5.74) is 0.396. The molecule has 6 nitrogen and oxygen atoms in total. The van der Waals surface area contributed by atoms with Gasteiger partial charge in [-0.15, -0.1) is 0 Å². The maximum atomic E-state index is 12.4. The van der Waals surface area contributed by atoms with E-state index in [2.05, 4.69) is 10.1 Å². The Morgan fingerprint density at radius 3 is 2.52 bits per heavy atom. The number of carboxylic acids is 1. The SMILES string of the molecule is COC(=O)CC[C@H](NC(=O)c1cccc2ccccc12)C(=O)O. The Balaban J connectivity index is 2.17. The van der Waals surface area contributed by atoms with E-state index in [9.17, 15) is 19.5 Å². The van der Waals surface area contributed by atoms with Gasteiger partial charge in [-0.1, -0.05) is 36.4 Å². The van der Waals surface area contributed by atoms with Crippen molar-refractivity contribution in [1.82, 2.24) is 5.32 Å². The largest absolute Gasteiger partial charge is 0.480 e. The molecule has 6 heteroatoms. The Labute approximate surface area is 133 Å². The molecule has 0 spiro atoms. The number of carboxylic acid groups (broad SMARTS) is 1. The molecular formula is C17H17NO5. The quantitative estimate of drug-likeness (QED) is 0.795. The second kappa shape index (κ2) is 7.40. The number of ether oxygens (including phenoxy) is 1. The number of rotatable bonds is 6. The molecule has 2 aromatic rings. The van der Waals surface area contributed by atoms with Crippen LogP contribution in [-0.4, -0.2) is 36.1 Å². The number of methoxy groups -OCH3 is 1. The lowest BCUT2D eigenvalue weighted by molar-refractivity contribution is -0.142. The van der Waals surface area contributed by atoms with Gasteiger partial charge in [-0.2, -0.15) is 0 Å². The zero-order valence-corrected chi connectivity index (χ0v) is 12.6. The summed E-state index contributed by atoms with van der Waals surface area (Å²) in [5, 5.41) is 13.3. The monoisotopic (exact) mass is 315 g/mol. The number of hydrogen-bond donors (Lipinski definition) is 2. The highest BCUT2D eigenvalue weighted by Crippen LogP contribution is 2.18. The third-order valence-corrected chi connectivity index (χ3v) is 3.50. The van der Waals surface area contributed by atoms with Crippen LogP contribution in [0.5, 0.6) is 0 Å². The highest BCUT2D eigenvalue weighted by atomic mass is 16.5. The molecule has 2 N–H and O–H groups in total. The molecule has 1 amide bonds. The van der Waals surface area contributed by atoms with Gasteiger partial charge in [0.25, 0.3) is 5.91 Å². The van der Waals surface area contributed by atoms with Gasteiger partial charge in [0.15, 0.2) is 0 Å². The first kappa shape index (κ1) is 16.5. The number of carbonyl (C=O) groups excluding carboxylic acids is 2. The molecule has 0 aliphatic carbocycles. The summed E-state index contributed by atoms with van der Waals surface area (Å²) in [4.78, 5) is 34.8. The zero-order valence-electron chi connectivity index (χ0n) is 12.6. The van der Waals surface area contributed by atoms with Gasteiger partial charge < -0.3 is 15.2 Å². The summed E-state index contributed by atoms with van der Waals surface area (Å²) < 4.78 is 4.48. The van der Waals surface area contributed by atoms with Crippen LogP contribution in [-0.2, 0) is 14.3 Å². The minimum absolute atomic E-state index is 0.0293. The van der Waals surface area contributed by atoms with Crippen molar-refractivity contribution in [1.29, 1.82) is 0 Å². The maximum Gasteiger partial charge on any atom is 0.326 e. The van der Waals surface area contributed by atoms with E-state index in [0.717, 1.165) is 10.8 Å². The van der Waals surface area contributed by atoms with E-state index in [-0.39, 0.29) is 12.8 Å². The summed E-state index contributed by atoms with van der Waals surface area (Å²) in [6.45, 7) is 0. The van der Waals surface area contributed by atoms with Crippen LogP contribution < -0.4 is 5.32 Å². The fourth-order valence-corrected chi connectivity index (χ4v) is 2.28. The fourth-order valence-electron chi connectivity index (χ4n) is 2.28. The summed E-state index contributed by atoms with van der Waals surface area (Å²) >= 11 is 0. The minimum atomic E-state index is -1.19. The molecular weight excluding hydrogens is 298 g/mol. The Hall–Kier alpha value is -2.89. The van der Waals surface area contributed by atoms with E-state index < -0.39 is 23.9 Å². The van der Waals surface area contributed by atoms with Crippen LogP contribution in [0.3, 0.4) is 0 Å². The first-order valence-corrected chi connectivity index (χ1v) is 7.11. The zero-order chi connectivity index (χ0) is 16.8. The van der Waals surface area contributed by atoms with E-state index in [1.54, 1.807) is 18.2 Å². The van der Waals surface area contributed by atoms with Gasteiger partial charge in [-0.05, 0) is 23.3 Å². The lowest BCUT2D eigenvalue weighted by Crippen LogP contribution is -2.41. The number of hydrogen-bond acceptors (Lipinski definition) is 4. The van der Waals surface area contributed by atoms with E-state index in [0.29, 0.717) is 5.56 Å². The third-order valence-electron chi connectivity index (χ3n) is 3.50. The molecule has 0 heterocycles. The average molecular weight is 315 g/mol. The minimum Gasteiger partial charge on any atom is -0.480 e. The van der Waals surface area contributed by atoms with Gasteiger partial charge in [-0.25, -0.2) is 4.79 Å². The van der Waals surface area contributed by atoms with Crippen LogP contribution in [0.1, 0.15) is 23.2 Å². The second-order valence-corrected chi connectivity index (χ2v) is 5.01. The van der Waals surface area contributed by atoms with Gasteiger partial charge in [0, 0.05) is 12.0 Å². The number of benzene rings is 2. The molecule has 0 unspecified atom stereocenters. The van der Waals surface area contributed by atoms with Crippen LogP contribution in [0.4, 0.5) is 0 Å². The predicted octanol–water partition coefficient (Wildman–Crippen LogP) is 1.98. The van der Waals surface area contributed by atoms with Crippen molar-refractivity contribution in [3.05, 3.63) is 48.0 Å². The van der Waals surface area contributed by atoms with Crippen LogP contribution in [0.15, 0.2) is 42.5 Å². The summed E-state index contributed by atoms with van der Waals surface area (Å²) in [5.74, 6) is -2.20. The third kappa shape index (κ3) is 4.06. The number of carbonyl (C=O) groups is 3. The molecule has 2 aromatic carbocycles. The second-order valence-electron chi connectivity index (χ2n) is 5.01. The molecule has 0 saturated carbocycles. The molecule has 23 heavy (non-hydrogen) atoms. The molecule has 0 aromatic heterocycles. The fraction of sp³-hybridized carbons (Fsp3) is 0.235.